The molecule has 0 bridgehead atoms. The number of hydrogen-bond donors (Lipinski definition) is 1. The number of aliphatic hydroxyl groups is 1. The molecule has 0 aromatic carbocycles. The number of rotatable bonds is 0. The molecule has 0 unspecified atom stereocenters. The molecule has 0 amide bonds. The molecule has 3 heteroatoms. The average Bonchev–Trinajstić information content (AvgIpc) is 1.80. The Bertz CT molecular complexity index is 203. The minimum absolute atomic E-state index is 0.00346. The standard InChI is InChI=1S/C6H5ClO2/c7-5-3-4(8)1-2-6(5)9/h2-3,9H,1H2. The number of hydrogen-bond acceptors (Lipinski definition) is 2. The van der Waals surface area contributed by atoms with Crippen LogP contribution in [0.15, 0.2) is 22.9 Å². The smallest absolute Gasteiger partial charge is 0.161 e. The molecule has 9 heavy (non-hydrogen) atoms. The molecule has 1 aliphatic rings. The van der Waals surface area contributed by atoms with Crippen LogP contribution in [0.4, 0.5) is 0 Å². The first-order chi connectivity index (χ1) is 4.20. The Balaban J connectivity index is 2.87. The number of aliphatic hydroxyl groups excluding tert-OH is 1. The topological polar surface area (TPSA) is 37.3 Å². The second-order valence-corrected chi connectivity index (χ2v) is 2.16. The summed E-state index contributed by atoms with van der Waals surface area (Å²) < 4.78 is 0. The number of halogens is 1. The molecule has 1 N–H and O–H groups in total. The molecule has 0 radical (unpaired) electrons. The molecule has 0 spiro atoms. The van der Waals surface area contributed by atoms with E-state index in [-0.39, 0.29) is 23.0 Å². The lowest BCUT2D eigenvalue weighted by molar-refractivity contribution is -0.114. The van der Waals surface area contributed by atoms with Crippen LogP contribution in [-0.2, 0) is 4.79 Å². The summed E-state index contributed by atoms with van der Waals surface area (Å²) in [5.41, 5.74) is 0. The van der Waals surface area contributed by atoms with Crippen LogP contribution in [0, 0.1) is 0 Å². The first kappa shape index (κ1) is 6.36. The Morgan fingerprint density at radius 1 is 1.67 bits per heavy atom. The van der Waals surface area contributed by atoms with E-state index in [9.17, 15) is 4.79 Å². The molecule has 1 aliphatic carbocycles. The fourth-order valence-corrected chi connectivity index (χ4v) is 0.768. The molecule has 1 rings (SSSR count). The summed E-state index contributed by atoms with van der Waals surface area (Å²) in [4.78, 5) is 10.5. The van der Waals surface area contributed by atoms with E-state index in [0.717, 1.165) is 0 Å². The molecule has 0 saturated heterocycles. The SMILES string of the molecule is O=C1C=C(Cl)C(O)=CC1. The number of allylic oxidation sites excluding steroid dienone is 3. The second-order valence-electron chi connectivity index (χ2n) is 1.75. The van der Waals surface area contributed by atoms with E-state index in [1.54, 1.807) is 0 Å². The maximum Gasteiger partial charge on any atom is 0.161 e. The van der Waals surface area contributed by atoms with Gasteiger partial charge in [-0.3, -0.25) is 4.79 Å². The van der Waals surface area contributed by atoms with Crippen LogP contribution in [-0.4, -0.2) is 10.9 Å². The molecule has 0 fully saturated rings. The van der Waals surface area contributed by atoms with Crippen molar-refractivity contribution in [3.05, 3.63) is 22.9 Å². The van der Waals surface area contributed by atoms with Gasteiger partial charge in [0.25, 0.3) is 0 Å². The maximum atomic E-state index is 10.5. The average molecular weight is 145 g/mol. The Hall–Kier alpha value is -0.760. The maximum absolute atomic E-state index is 10.5. The van der Waals surface area contributed by atoms with Gasteiger partial charge in [-0.2, -0.15) is 0 Å². The van der Waals surface area contributed by atoms with Gasteiger partial charge in [0, 0.05) is 12.5 Å². The van der Waals surface area contributed by atoms with Crippen molar-refractivity contribution in [2.45, 2.75) is 6.42 Å². The lowest BCUT2D eigenvalue weighted by atomic mass is 10.1. The molecule has 0 heterocycles. The predicted molar refractivity (Wildman–Crippen MR) is 34.3 cm³/mol. The van der Waals surface area contributed by atoms with Gasteiger partial charge in [-0.15, -0.1) is 0 Å². The zero-order chi connectivity index (χ0) is 6.85. The van der Waals surface area contributed by atoms with Gasteiger partial charge in [0.1, 0.15) is 5.76 Å². The van der Waals surface area contributed by atoms with Gasteiger partial charge < -0.3 is 5.11 Å². The van der Waals surface area contributed by atoms with Gasteiger partial charge in [0.15, 0.2) is 5.78 Å². The minimum Gasteiger partial charge on any atom is -0.507 e. The number of carbonyl (C=O) groups is 1. The highest BCUT2D eigenvalue weighted by Crippen LogP contribution is 2.16. The van der Waals surface area contributed by atoms with Crippen LogP contribution in [0.5, 0.6) is 0 Å². The Kier molecular flexibility index (Phi) is 1.58. The van der Waals surface area contributed by atoms with Gasteiger partial charge in [-0.1, -0.05) is 11.6 Å². The fraction of sp³-hybridized carbons (Fsp3) is 0.167. The van der Waals surface area contributed by atoms with E-state index >= 15 is 0 Å². The first-order valence-corrected chi connectivity index (χ1v) is 2.87. The molecular weight excluding hydrogens is 140 g/mol. The molecule has 48 valence electrons. The fourth-order valence-electron chi connectivity index (χ4n) is 0.569. The summed E-state index contributed by atoms with van der Waals surface area (Å²) in [5.74, 6) is -0.0749. The van der Waals surface area contributed by atoms with Crippen LogP contribution >= 0.6 is 11.6 Å². The van der Waals surface area contributed by atoms with Crippen molar-refractivity contribution in [3.8, 4) is 0 Å². The van der Waals surface area contributed by atoms with E-state index in [1.807, 2.05) is 0 Å². The lowest BCUT2D eigenvalue weighted by Gasteiger charge is -2.01. The van der Waals surface area contributed by atoms with Crippen molar-refractivity contribution in [3.63, 3.8) is 0 Å². The highest BCUT2D eigenvalue weighted by molar-refractivity contribution is 6.33. The van der Waals surface area contributed by atoms with Crippen LogP contribution in [0.25, 0.3) is 0 Å². The minimum atomic E-state index is -0.0715. The predicted octanol–water partition coefficient (Wildman–Crippen LogP) is 1.52. The molecule has 0 aliphatic heterocycles. The van der Waals surface area contributed by atoms with Gasteiger partial charge in [-0.25, -0.2) is 0 Å². The van der Waals surface area contributed by atoms with E-state index in [1.165, 1.54) is 12.2 Å². The number of carbonyl (C=O) groups excluding carboxylic acids is 1. The van der Waals surface area contributed by atoms with Crippen molar-refractivity contribution < 1.29 is 9.90 Å². The van der Waals surface area contributed by atoms with Crippen molar-refractivity contribution in [1.29, 1.82) is 0 Å². The summed E-state index contributed by atoms with van der Waals surface area (Å²) in [5, 5.41) is 8.93. The van der Waals surface area contributed by atoms with Crippen molar-refractivity contribution >= 4 is 17.4 Å². The zero-order valence-corrected chi connectivity index (χ0v) is 5.35. The van der Waals surface area contributed by atoms with Crippen LogP contribution in [0.1, 0.15) is 6.42 Å². The molecule has 2 nitrogen and oxygen atoms in total. The van der Waals surface area contributed by atoms with Gasteiger partial charge in [0.2, 0.25) is 0 Å². The monoisotopic (exact) mass is 144 g/mol. The Labute approximate surface area is 57.4 Å². The van der Waals surface area contributed by atoms with Gasteiger partial charge in [0.05, 0.1) is 5.03 Å². The Morgan fingerprint density at radius 3 is 2.78 bits per heavy atom. The third kappa shape index (κ3) is 1.33. The van der Waals surface area contributed by atoms with Crippen LogP contribution in [0.3, 0.4) is 0 Å². The third-order valence-corrected chi connectivity index (χ3v) is 1.33. The normalized spacial score (nSPS) is 19.0. The molecular formula is C6H5ClO2. The Morgan fingerprint density at radius 2 is 2.33 bits per heavy atom. The third-order valence-electron chi connectivity index (χ3n) is 1.03. The summed E-state index contributed by atoms with van der Waals surface area (Å²) in [6, 6.07) is 0. The highest BCUT2D eigenvalue weighted by atomic mass is 35.5. The lowest BCUT2D eigenvalue weighted by Crippen LogP contribution is -1.98. The largest absolute Gasteiger partial charge is 0.507 e. The molecule has 0 atom stereocenters. The van der Waals surface area contributed by atoms with Crippen LogP contribution < -0.4 is 0 Å². The second kappa shape index (κ2) is 2.23. The molecule has 0 saturated carbocycles. The van der Waals surface area contributed by atoms with Crippen molar-refractivity contribution in [2.24, 2.45) is 0 Å². The highest BCUT2D eigenvalue weighted by Gasteiger charge is 2.08. The summed E-state index contributed by atoms with van der Waals surface area (Å²) in [6.45, 7) is 0. The van der Waals surface area contributed by atoms with E-state index in [0.29, 0.717) is 0 Å². The first-order valence-electron chi connectivity index (χ1n) is 2.49. The van der Waals surface area contributed by atoms with Gasteiger partial charge in [-0.05, 0) is 6.08 Å². The van der Waals surface area contributed by atoms with E-state index in [4.69, 9.17) is 16.7 Å². The van der Waals surface area contributed by atoms with Crippen molar-refractivity contribution in [1.82, 2.24) is 0 Å². The van der Waals surface area contributed by atoms with Gasteiger partial charge >= 0.3 is 0 Å². The molecule has 0 aromatic rings. The van der Waals surface area contributed by atoms with E-state index in [2.05, 4.69) is 0 Å². The van der Waals surface area contributed by atoms with Crippen LogP contribution in [0.2, 0.25) is 0 Å². The van der Waals surface area contributed by atoms with Crippen molar-refractivity contribution in [2.75, 3.05) is 0 Å². The molecule has 0 aromatic heterocycles. The summed E-state index contributed by atoms with van der Waals surface area (Å²) in [7, 11) is 0. The quantitative estimate of drug-likeness (QED) is 0.560. The van der Waals surface area contributed by atoms with E-state index < -0.39 is 0 Å². The summed E-state index contributed by atoms with van der Waals surface area (Å²) >= 11 is 5.38. The number of ketones is 1. The summed E-state index contributed by atoms with van der Waals surface area (Å²) in [6.07, 6.45) is 2.86. The zero-order valence-electron chi connectivity index (χ0n) is 4.60.